The molecule has 1 rings (SSSR count). The predicted octanol–water partition coefficient (Wildman–Crippen LogP) is 1.69. The molecule has 110 valence electrons. The van der Waals surface area contributed by atoms with Gasteiger partial charge >= 0.3 is 5.97 Å². The number of carbonyl (C=O) groups excluding carboxylic acids is 1. The van der Waals surface area contributed by atoms with Gasteiger partial charge in [0.05, 0.1) is 26.2 Å². The second-order valence-electron chi connectivity index (χ2n) is 4.22. The maximum Gasteiger partial charge on any atom is 0.305 e. The fraction of sp³-hybridized carbons (Fsp3) is 0.429. The molecule has 0 radical (unpaired) electrons. The van der Waals surface area contributed by atoms with Gasteiger partial charge in [-0.1, -0.05) is 13.0 Å². The Bertz CT molecular complexity index is 486. The molecule has 1 aromatic rings. The van der Waals surface area contributed by atoms with E-state index >= 15 is 0 Å². The highest BCUT2D eigenvalue weighted by atomic mass is 16.5. The van der Waals surface area contributed by atoms with Crippen molar-refractivity contribution in [3.8, 4) is 11.5 Å². The summed E-state index contributed by atoms with van der Waals surface area (Å²) >= 11 is 0. The third kappa shape index (κ3) is 3.88. The van der Waals surface area contributed by atoms with Crippen molar-refractivity contribution < 1.29 is 24.2 Å². The van der Waals surface area contributed by atoms with Gasteiger partial charge in [-0.15, -0.1) is 0 Å². The van der Waals surface area contributed by atoms with E-state index in [1.807, 2.05) is 6.92 Å². The highest BCUT2D eigenvalue weighted by Crippen LogP contribution is 2.30. The molecule has 0 spiro atoms. The second-order valence-corrected chi connectivity index (χ2v) is 4.22. The quantitative estimate of drug-likeness (QED) is 0.794. The molecule has 1 atom stereocenters. The summed E-state index contributed by atoms with van der Waals surface area (Å²) in [5.41, 5.74) is 0.315. The Labute approximate surface area is 117 Å². The fourth-order valence-electron chi connectivity index (χ4n) is 1.84. The average molecular weight is 281 g/mol. The number of benzene rings is 1. The fourth-order valence-corrected chi connectivity index (χ4v) is 1.84. The largest absolute Gasteiger partial charge is 0.493 e. The number of hydrogen-bond donors (Lipinski definition) is 2. The van der Waals surface area contributed by atoms with Crippen LogP contribution in [0.3, 0.4) is 0 Å². The zero-order chi connectivity index (χ0) is 15.1. The van der Waals surface area contributed by atoms with Crippen molar-refractivity contribution in [2.45, 2.75) is 25.8 Å². The van der Waals surface area contributed by atoms with Gasteiger partial charge < -0.3 is 19.9 Å². The van der Waals surface area contributed by atoms with E-state index in [1.54, 1.807) is 18.2 Å². The van der Waals surface area contributed by atoms with Gasteiger partial charge in [0.25, 0.3) is 5.91 Å². The molecule has 0 saturated heterocycles. The van der Waals surface area contributed by atoms with Gasteiger partial charge in [-0.3, -0.25) is 9.59 Å². The number of methoxy groups -OCH3 is 2. The van der Waals surface area contributed by atoms with Crippen molar-refractivity contribution >= 4 is 11.9 Å². The summed E-state index contributed by atoms with van der Waals surface area (Å²) in [4.78, 5) is 22.9. The lowest BCUT2D eigenvalue weighted by Gasteiger charge is -2.17. The third-order valence-electron chi connectivity index (χ3n) is 2.90. The minimum absolute atomic E-state index is 0.117. The minimum atomic E-state index is -0.949. The number of hydrogen-bond acceptors (Lipinski definition) is 4. The minimum Gasteiger partial charge on any atom is -0.493 e. The molecule has 6 nitrogen and oxygen atoms in total. The van der Waals surface area contributed by atoms with Crippen LogP contribution in [0.1, 0.15) is 30.1 Å². The molecule has 6 heteroatoms. The molecule has 0 aromatic heterocycles. The number of amides is 1. The van der Waals surface area contributed by atoms with Crippen LogP contribution in [-0.2, 0) is 4.79 Å². The number of carboxylic acid groups (broad SMARTS) is 1. The summed E-state index contributed by atoms with van der Waals surface area (Å²) in [5.74, 6) is -0.548. The van der Waals surface area contributed by atoms with Crippen LogP contribution >= 0.6 is 0 Å². The molecule has 2 N–H and O–H groups in total. The zero-order valence-corrected chi connectivity index (χ0v) is 11.8. The van der Waals surface area contributed by atoms with Gasteiger partial charge in [-0.05, 0) is 18.6 Å². The van der Waals surface area contributed by atoms with Crippen molar-refractivity contribution in [2.24, 2.45) is 0 Å². The summed E-state index contributed by atoms with van der Waals surface area (Å²) in [6.45, 7) is 1.82. The van der Waals surface area contributed by atoms with Crippen molar-refractivity contribution in [1.82, 2.24) is 5.32 Å². The van der Waals surface area contributed by atoms with Crippen LogP contribution < -0.4 is 14.8 Å². The molecule has 0 heterocycles. The summed E-state index contributed by atoms with van der Waals surface area (Å²) in [6.07, 6.45) is 0.416. The number of nitrogens with one attached hydrogen (secondary N) is 1. The lowest BCUT2D eigenvalue weighted by molar-refractivity contribution is -0.137. The molecule has 1 unspecified atom stereocenters. The monoisotopic (exact) mass is 281 g/mol. The molecule has 0 aliphatic rings. The van der Waals surface area contributed by atoms with E-state index in [9.17, 15) is 9.59 Å². The first-order valence-corrected chi connectivity index (χ1v) is 6.27. The number of para-hydroxylation sites is 1. The molecule has 1 aromatic carbocycles. The molecular formula is C14H19NO5. The molecule has 0 saturated carbocycles. The van der Waals surface area contributed by atoms with Crippen molar-refractivity contribution in [3.05, 3.63) is 23.8 Å². The van der Waals surface area contributed by atoms with Crippen LogP contribution in [0.15, 0.2) is 18.2 Å². The van der Waals surface area contributed by atoms with Crippen LogP contribution in [-0.4, -0.2) is 37.2 Å². The SMILES string of the molecule is CCC(CC(=O)O)NC(=O)c1cccc(OC)c1OC. The first-order chi connectivity index (χ1) is 9.53. The summed E-state index contributed by atoms with van der Waals surface area (Å²) < 4.78 is 10.3. The van der Waals surface area contributed by atoms with Crippen LogP contribution in [0.5, 0.6) is 11.5 Å². The van der Waals surface area contributed by atoms with Crippen molar-refractivity contribution in [2.75, 3.05) is 14.2 Å². The van der Waals surface area contributed by atoms with Gasteiger partial charge in [0.1, 0.15) is 0 Å². The normalized spacial score (nSPS) is 11.6. The molecule has 0 fully saturated rings. The van der Waals surface area contributed by atoms with E-state index in [2.05, 4.69) is 5.32 Å². The van der Waals surface area contributed by atoms with Gasteiger partial charge in [0.15, 0.2) is 11.5 Å². The number of ether oxygens (including phenoxy) is 2. The Morgan fingerprint density at radius 2 is 2.00 bits per heavy atom. The summed E-state index contributed by atoms with van der Waals surface area (Å²) in [5, 5.41) is 11.5. The first-order valence-electron chi connectivity index (χ1n) is 6.27. The van der Waals surface area contributed by atoms with Crippen molar-refractivity contribution in [3.63, 3.8) is 0 Å². The van der Waals surface area contributed by atoms with Crippen LogP contribution in [0.25, 0.3) is 0 Å². The van der Waals surface area contributed by atoms with E-state index in [0.29, 0.717) is 23.5 Å². The Hall–Kier alpha value is -2.24. The third-order valence-corrected chi connectivity index (χ3v) is 2.90. The lowest BCUT2D eigenvalue weighted by atomic mass is 10.1. The Morgan fingerprint density at radius 1 is 1.30 bits per heavy atom. The van der Waals surface area contributed by atoms with Gasteiger partial charge in [-0.25, -0.2) is 0 Å². The van der Waals surface area contributed by atoms with E-state index in [0.717, 1.165) is 0 Å². The molecular weight excluding hydrogens is 262 g/mol. The topological polar surface area (TPSA) is 84.9 Å². The molecule has 20 heavy (non-hydrogen) atoms. The Kier molecular flexibility index (Phi) is 5.83. The van der Waals surface area contributed by atoms with Crippen LogP contribution in [0.2, 0.25) is 0 Å². The van der Waals surface area contributed by atoms with Crippen molar-refractivity contribution in [1.29, 1.82) is 0 Å². The van der Waals surface area contributed by atoms with Gasteiger partial charge in [-0.2, -0.15) is 0 Å². The number of aliphatic carboxylic acids is 1. The summed E-state index contributed by atoms with van der Waals surface area (Å²) in [6, 6.07) is 4.54. The molecule has 0 aliphatic heterocycles. The zero-order valence-electron chi connectivity index (χ0n) is 11.8. The standard InChI is InChI=1S/C14H19NO5/c1-4-9(8-12(16)17)15-14(18)10-6-5-7-11(19-2)13(10)20-3/h5-7,9H,4,8H2,1-3H3,(H,15,18)(H,16,17). The maximum absolute atomic E-state index is 12.2. The Morgan fingerprint density at radius 3 is 2.50 bits per heavy atom. The molecule has 1 amide bonds. The average Bonchev–Trinajstić information content (AvgIpc) is 2.44. The Balaban J connectivity index is 2.94. The van der Waals surface area contributed by atoms with E-state index in [4.69, 9.17) is 14.6 Å². The van der Waals surface area contributed by atoms with E-state index < -0.39 is 12.0 Å². The van der Waals surface area contributed by atoms with E-state index in [-0.39, 0.29) is 12.3 Å². The van der Waals surface area contributed by atoms with E-state index in [1.165, 1.54) is 14.2 Å². The number of carbonyl (C=O) groups is 2. The lowest BCUT2D eigenvalue weighted by Crippen LogP contribution is -2.36. The maximum atomic E-state index is 12.2. The number of carboxylic acids is 1. The summed E-state index contributed by atoms with van der Waals surface area (Å²) in [7, 11) is 2.93. The highest BCUT2D eigenvalue weighted by molar-refractivity contribution is 5.98. The molecule has 0 bridgehead atoms. The van der Waals surface area contributed by atoms with Crippen LogP contribution in [0, 0.1) is 0 Å². The smallest absolute Gasteiger partial charge is 0.305 e. The predicted molar refractivity (Wildman–Crippen MR) is 73.3 cm³/mol. The highest BCUT2D eigenvalue weighted by Gasteiger charge is 2.20. The second kappa shape index (κ2) is 7.37. The first kappa shape index (κ1) is 15.8. The molecule has 0 aliphatic carbocycles. The van der Waals surface area contributed by atoms with Crippen LogP contribution in [0.4, 0.5) is 0 Å². The van der Waals surface area contributed by atoms with Gasteiger partial charge in [0.2, 0.25) is 0 Å². The number of rotatable bonds is 7. The van der Waals surface area contributed by atoms with Gasteiger partial charge in [0, 0.05) is 6.04 Å².